The number of hydrogen-bond acceptors (Lipinski definition) is 2. The molecule has 2 atom stereocenters. The molecule has 1 rings (SSSR count). The maximum Gasteiger partial charge on any atom is 0.403 e. The van der Waals surface area contributed by atoms with Crippen LogP contribution in [0.4, 0.5) is 22.0 Å². The van der Waals surface area contributed by atoms with Crippen LogP contribution >= 0.6 is 12.4 Å². The molecule has 2 nitrogen and oxygen atoms in total. The molecule has 0 spiro atoms. The van der Waals surface area contributed by atoms with Gasteiger partial charge in [-0.25, -0.2) is 8.78 Å². The Morgan fingerprint density at radius 2 is 1.78 bits per heavy atom. The minimum absolute atomic E-state index is 0. The van der Waals surface area contributed by atoms with Gasteiger partial charge in [0.2, 0.25) is 0 Å². The van der Waals surface area contributed by atoms with Crippen molar-refractivity contribution in [3.05, 3.63) is 35.4 Å². The summed E-state index contributed by atoms with van der Waals surface area (Å²) >= 11 is 0. The molecule has 1 aromatic carbocycles. The van der Waals surface area contributed by atoms with Crippen LogP contribution in [-0.2, 0) is 0 Å². The average molecular weight is 292 g/mol. The third kappa shape index (κ3) is 4.40. The third-order valence-corrected chi connectivity index (χ3v) is 2.22. The van der Waals surface area contributed by atoms with Crippen molar-refractivity contribution in [3.63, 3.8) is 0 Å². The van der Waals surface area contributed by atoms with E-state index in [1.165, 1.54) is 0 Å². The van der Waals surface area contributed by atoms with Gasteiger partial charge < -0.3 is 10.8 Å². The van der Waals surface area contributed by atoms with Crippen LogP contribution in [0.3, 0.4) is 0 Å². The molecule has 0 radical (unpaired) electrons. The highest BCUT2D eigenvalue weighted by atomic mass is 35.5. The van der Waals surface area contributed by atoms with E-state index < -0.39 is 41.9 Å². The van der Waals surface area contributed by atoms with E-state index in [-0.39, 0.29) is 12.4 Å². The Kier molecular flexibility index (Phi) is 5.98. The first-order chi connectivity index (χ1) is 7.71. The second-order valence-electron chi connectivity index (χ2n) is 3.57. The van der Waals surface area contributed by atoms with E-state index in [1.807, 2.05) is 0 Å². The Morgan fingerprint density at radius 3 is 2.22 bits per heavy atom. The fraction of sp³-hybridized carbons (Fsp3) is 0.400. The number of nitrogens with two attached hydrogens (primary N) is 1. The molecule has 104 valence electrons. The van der Waals surface area contributed by atoms with Crippen molar-refractivity contribution in [2.45, 2.75) is 24.7 Å². The molecule has 0 heterocycles. The second kappa shape index (κ2) is 6.31. The number of aliphatic hydroxyl groups excluding tert-OH is 1. The highest BCUT2D eigenvalue weighted by Crippen LogP contribution is 2.28. The number of benzene rings is 1. The van der Waals surface area contributed by atoms with Crippen molar-refractivity contribution < 1.29 is 27.1 Å². The molecular weight excluding hydrogens is 281 g/mol. The quantitative estimate of drug-likeness (QED) is 0.841. The second-order valence-corrected chi connectivity index (χ2v) is 3.57. The van der Waals surface area contributed by atoms with Gasteiger partial charge in [-0.3, -0.25) is 0 Å². The van der Waals surface area contributed by atoms with E-state index in [2.05, 4.69) is 0 Å². The maximum absolute atomic E-state index is 13.1. The standard InChI is InChI=1S/C10H10F5NO.ClH/c11-5-1-2-6(7(12)3-5)8(17)4-9(16)10(13,14)15;/h1-3,8-9,17H,4,16H2;1H/t8-,9+;/m0./s1. The normalized spacial score (nSPS) is 14.8. The van der Waals surface area contributed by atoms with Gasteiger partial charge in [0, 0.05) is 18.1 Å². The Labute approximate surface area is 106 Å². The van der Waals surface area contributed by atoms with Crippen LogP contribution in [0.5, 0.6) is 0 Å². The number of aliphatic hydroxyl groups is 1. The monoisotopic (exact) mass is 291 g/mol. The van der Waals surface area contributed by atoms with Crippen LogP contribution < -0.4 is 5.73 Å². The molecule has 1 aromatic rings. The Morgan fingerprint density at radius 1 is 1.22 bits per heavy atom. The van der Waals surface area contributed by atoms with Crippen molar-refractivity contribution in [1.29, 1.82) is 0 Å². The number of hydrogen-bond donors (Lipinski definition) is 2. The zero-order valence-electron chi connectivity index (χ0n) is 8.92. The highest BCUT2D eigenvalue weighted by Gasteiger charge is 2.38. The molecule has 0 fully saturated rings. The lowest BCUT2D eigenvalue weighted by molar-refractivity contribution is -0.154. The first kappa shape index (κ1) is 17.1. The minimum Gasteiger partial charge on any atom is -0.388 e. The maximum atomic E-state index is 13.1. The molecule has 18 heavy (non-hydrogen) atoms. The van der Waals surface area contributed by atoms with Crippen LogP contribution in [0.15, 0.2) is 18.2 Å². The van der Waals surface area contributed by atoms with E-state index in [9.17, 15) is 27.1 Å². The van der Waals surface area contributed by atoms with Crippen LogP contribution in [-0.4, -0.2) is 17.3 Å². The molecule has 0 unspecified atom stereocenters. The molecule has 0 saturated heterocycles. The third-order valence-electron chi connectivity index (χ3n) is 2.22. The molecule has 0 aromatic heterocycles. The zero-order chi connectivity index (χ0) is 13.2. The van der Waals surface area contributed by atoms with Gasteiger partial charge in [-0.05, 0) is 6.07 Å². The molecule has 0 aliphatic carbocycles. The summed E-state index contributed by atoms with van der Waals surface area (Å²) < 4.78 is 62.0. The summed E-state index contributed by atoms with van der Waals surface area (Å²) in [5.41, 5.74) is 4.38. The molecule has 0 aliphatic heterocycles. The first-order valence-electron chi connectivity index (χ1n) is 4.67. The Hall–Kier alpha value is -0.920. The Balaban J connectivity index is 0.00000289. The molecule has 0 aliphatic rings. The lowest BCUT2D eigenvalue weighted by Gasteiger charge is -2.19. The van der Waals surface area contributed by atoms with Crippen molar-refractivity contribution in [1.82, 2.24) is 0 Å². The van der Waals surface area contributed by atoms with Gasteiger partial charge in [0.05, 0.1) is 6.10 Å². The summed E-state index contributed by atoms with van der Waals surface area (Å²) in [6.07, 6.45) is -7.28. The van der Waals surface area contributed by atoms with Crippen LogP contribution in [0, 0.1) is 11.6 Å². The molecule has 0 saturated carbocycles. The van der Waals surface area contributed by atoms with Gasteiger partial charge in [-0.2, -0.15) is 13.2 Å². The number of halogens is 6. The highest BCUT2D eigenvalue weighted by molar-refractivity contribution is 5.85. The zero-order valence-corrected chi connectivity index (χ0v) is 9.73. The van der Waals surface area contributed by atoms with Gasteiger partial charge in [0.1, 0.15) is 17.7 Å². The lowest BCUT2D eigenvalue weighted by atomic mass is 10.0. The van der Waals surface area contributed by atoms with Gasteiger partial charge >= 0.3 is 6.18 Å². The SMILES string of the molecule is Cl.N[C@H](C[C@H](O)c1ccc(F)cc1F)C(F)(F)F. The lowest BCUT2D eigenvalue weighted by Crippen LogP contribution is -2.38. The summed E-state index contributed by atoms with van der Waals surface area (Å²) in [6, 6.07) is -0.0430. The van der Waals surface area contributed by atoms with Crippen molar-refractivity contribution in [3.8, 4) is 0 Å². The number of alkyl halides is 3. The van der Waals surface area contributed by atoms with Crippen LogP contribution in [0.2, 0.25) is 0 Å². The van der Waals surface area contributed by atoms with Crippen LogP contribution in [0.25, 0.3) is 0 Å². The van der Waals surface area contributed by atoms with Gasteiger partial charge in [-0.15, -0.1) is 12.4 Å². The van der Waals surface area contributed by atoms with Crippen molar-refractivity contribution in [2.24, 2.45) is 5.73 Å². The fourth-order valence-corrected chi connectivity index (χ4v) is 1.27. The average Bonchev–Trinajstić information content (AvgIpc) is 2.15. The van der Waals surface area contributed by atoms with Gasteiger partial charge in [0.25, 0.3) is 0 Å². The molecule has 0 bridgehead atoms. The minimum atomic E-state index is -4.67. The van der Waals surface area contributed by atoms with Crippen molar-refractivity contribution in [2.75, 3.05) is 0 Å². The molecule has 0 amide bonds. The topological polar surface area (TPSA) is 46.2 Å². The van der Waals surface area contributed by atoms with Crippen LogP contribution in [0.1, 0.15) is 18.1 Å². The van der Waals surface area contributed by atoms with E-state index in [1.54, 1.807) is 0 Å². The van der Waals surface area contributed by atoms with Crippen molar-refractivity contribution >= 4 is 12.4 Å². The fourth-order valence-electron chi connectivity index (χ4n) is 1.27. The largest absolute Gasteiger partial charge is 0.403 e. The summed E-state index contributed by atoms with van der Waals surface area (Å²) in [5.74, 6) is -1.98. The molecular formula is C10H11ClF5NO. The van der Waals surface area contributed by atoms with E-state index >= 15 is 0 Å². The Bertz CT molecular complexity index is 398. The molecule has 8 heteroatoms. The summed E-state index contributed by atoms with van der Waals surface area (Å²) in [5, 5.41) is 9.38. The predicted octanol–water partition coefficient (Wildman–Crippen LogP) is 2.70. The van der Waals surface area contributed by atoms with E-state index in [4.69, 9.17) is 5.73 Å². The summed E-state index contributed by atoms with van der Waals surface area (Å²) in [7, 11) is 0. The smallest absolute Gasteiger partial charge is 0.388 e. The summed E-state index contributed by atoms with van der Waals surface area (Å²) in [4.78, 5) is 0. The molecule has 3 N–H and O–H groups in total. The van der Waals surface area contributed by atoms with E-state index in [0.29, 0.717) is 6.07 Å². The summed E-state index contributed by atoms with van der Waals surface area (Å²) in [6.45, 7) is 0. The van der Waals surface area contributed by atoms with E-state index in [0.717, 1.165) is 12.1 Å². The van der Waals surface area contributed by atoms with Gasteiger partial charge in [-0.1, -0.05) is 6.07 Å². The number of rotatable bonds is 3. The van der Waals surface area contributed by atoms with Gasteiger partial charge in [0.15, 0.2) is 0 Å². The predicted molar refractivity (Wildman–Crippen MR) is 57.2 cm³/mol. The first-order valence-corrected chi connectivity index (χ1v) is 4.67.